The highest BCUT2D eigenvalue weighted by Gasteiger charge is 2.35. The lowest BCUT2D eigenvalue weighted by Gasteiger charge is -2.33. The number of carbonyl (C=O) groups is 2. The van der Waals surface area contributed by atoms with E-state index < -0.39 is 28.5 Å². The molecule has 5 rings (SSSR count). The van der Waals surface area contributed by atoms with Gasteiger partial charge in [0.25, 0.3) is 0 Å². The Hall–Kier alpha value is -3.43. The number of sulfonamides is 1. The SMILES string of the molecule is CN(CC(=O)N(Cc1c(Cl)cccc1Cl)[C@H](Cc1ccccc1)C(=O)NC1CCCC1)S(=O)(=O)c1ccc2ccccc2c1. The first kappa shape index (κ1) is 32.0. The number of benzene rings is 4. The Morgan fingerprint density at radius 3 is 2.18 bits per heavy atom. The second kappa shape index (κ2) is 14.1. The average Bonchev–Trinajstić information content (AvgIpc) is 3.53. The summed E-state index contributed by atoms with van der Waals surface area (Å²) in [6, 6.07) is 25.9. The van der Waals surface area contributed by atoms with Gasteiger partial charge in [0.2, 0.25) is 21.8 Å². The van der Waals surface area contributed by atoms with Crippen molar-refractivity contribution in [3.8, 4) is 0 Å². The molecule has 0 unspecified atom stereocenters. The van der Waals surface area contributed by atoms with Crippen LogP contribution in [0.3, 0.4) is 0 Å². The Balaban J connectivity index is 1.48. The Morgan fingerprint density at radius 1 is 0.864 bits per heavy atom. The number of hydrogen-bond acceptors (Lipinski definition) is 4. The number of rotatable bonds is 11. The summed E-state index contributed by atoms with van der Waals surface area (Å²) in [6.45, 7) is -0.560. The largest absolute Gasteiger partial charge is 0.352 e. The van der Waals surface area contributed by atoms with Gasteiger partial charge in [-0.1, -0.05) is 103 Å². The van der Waals surface area contributed by atoms with E-state index in [4.69, 9.17) is 23.2 Å². The molecule has 1 fully saturated rings. The maximum absolute atomic E-state index is 14.2. The number of nitrogens with zero attached hydrogens (tertiary/aromatic N) is 2. The predicted molar refractivity (Wildman–Crippen MR) is 175 cm³/mol. The zero-order chi connectivity index (χ0) is 31.3. The molecule has 7 nitrogen and oxygen atoms in total. The summed E-state index contributed by atoms with van der Waals surface area (Å²) in [7, 11) is -2.67. The molecule has 0 spiro atoms. The maximum Gasteiger partial charge on any atom is 0.243 e. The van der Waals surface area contributed by atoms with Crippen molar-refractivity contribution in [2.45, 2.75) is 55.6 Å². The van der Waals surface area contributed by atoms with Gasteiger partial charge < -0.3 is 10.2 Å². The van der Waals surface area contributed by atoms with Crippen molar-refractivity contribution in [1.29, 1.82) is 0 Å². The normalized spacial score (nSPS) is 14.5. The Kier molecular flexibility index (Phi) is 10.3. The topological polar surface area (TPSA) is 86.8 Å². The molecule has 230 valence electrons. The molecule has 1 N–H and O–H groups in total. The molecule has 44 heavy (non-hydrogen) atoms. The second-order valence-electron chi connectivity index (χ2n) is 11.2. The molecule has 1 saturated carbocycles. The highest BCUT2D eigenvalue weighted by molar-refractivity contribution is 7.89. The summed E-state index contributed by atoms with van der Waals surface area (Å²) in [6.07, 6.45) is 4.04. The predicted octanol–water partition coefficient (Wildman–Crippen LogP) is 6.47. The lowest BCUT2D eigenvalue weighted by molar-refractivity contribution is -0.141. The van der Waals surface area contributed by atoms with Gasteiger partial charge in [0.05, 0.1) is 11.4 Å². The summed E-state index contributed by atoms with van der Waals surface area (Å²) in [5, 5.41) is 5.52. The number of carbonyl (C=O) groups excluding carboxylic acids is 2. The maximum atomic E-state index is 14.2. The molecular weight excluding hydrogens is 617 g/mol. The third-order valence-corrected chi connectivity index (χ3v) is 10.7. The second-order valence-corrected chi connectivity index (χ2v) is 14.0. The van der Waals surface area contributed by atoms with Crippen LogP contribution in [0.4, 0.5) is 0 Å². The quantitative estimate of drug-likeness (QED) is 0.201. The van der Waals surface area contributed by atoms with Crippen LogP contribution >= 0.6 is 23.2 Å². The first-order chi connectivity index (χ1) is 21.1. The molecule has 4 aromatic rings. The molecule has 1 aliphatic rings. The van der Waals surface area contributed by atoms with Gasteiger partial charge in [-0.25, -0.2) is 8.42 Å². The highest BCUT2D eigenvalue weighted by atomic mass is 35.5. The number of fused-ring (bicyclic) bond motifs is 1. The minimum atomic E-state index is -4.04. The Bertz CT molecular complexity index is 1720. The van der Waals surface area contributed by atoms with E-state index in [9.17, 15) is 18.0 Å². The average molecular weight is 653 g/mol. The fraction of sp³-hybridized carbons (Fsp3) is 0.294. The van der Waals surface area contributed by atoms with E-state index in [2.05, 4.69) is 5.32 Å². The fourth-order valence-electron chi connectivity index (χ4n) is 5.65. The lowest BCUT2D eigenvalue weighted by Crippen LogP contribution is -2.54. The van der Waals surface area contributed by atoms with Gasteiger partial charge in [0.15, 0.2) is 0 Å². The molecule has 2 amide bonds. The van der Waals surface area contributed by atoms with Crippen molar-refractivity contribution < 1.29 is 18.0 Å². The van der Waals surface area contributed by atoms with Crippen LogP contribution in [0, 0.1) is 0 Å². The van der Waals surface area contributed by atoms with Crippen molar-refractivity contribution in [2.24, 2.45) is 0 Å². The van der Waals surface area contributed by atoms with Gasteiger partial charge in [0, 0.05) is 41.7 Å². The van der Waals surface area contributed by atoms with Gasteiger partial charge in [-0.2, -0.15) is 4.31 Å². The summed E-state index contributed by atoms with van der Waals surface area (Å²) in [5.41, 5.74) is 1.34. The Morgan fingerprint density at radius 2 is 1.50 bits per heavy atom. The lowest BCUT2D eigenvalue weighted by atomic mass is 10.0. The minimum absolute atomic E-state index is 0.0255. The van der Waals surface area contributed by atoms with Gasteiger partial charge >= 0.3 is 0 Å². The monoisotopic (exact) mass is 651 g/mol. The van der Waals surface area contributed by atoms with E-state index in [1.54, 1.807) is 30.3 Å². The van der Waals surface area contributed by atoms with Crippen LogP contribution in [-0.2, 0) is 32.6 Å². The van der Waals surface area contributed by atoms with Crippen molar-refractivity contribution >= 4 is 55.8 Å². The van der Waals surface area contributed by atoms with E-state index in [0.717, 1.165) is 46.3 Å². The molecule has 1 aliphatic carbocycles. The molecule has 0 aromatic heterocycles. The van der Waals surface area contributed by atoms with Crippen molar-refractivity contribution in [3.05, 3.63) is 112 Å². The van der Waals surface area contributed by atoms with Crippen LogP contribution in [-0.4, -0.2) is 55.1 Å². The van der Waals surface area contributed by atoms with Gasteiger partial charge in [-0.15, -0.1) is 0 Å². The van der Waals surface area contributed by atoms with E-state index in [0.29, 0.717) is 15.6 Å². The Labute approximate surface area is 268 Å². The van der Waals surface area contributed by atoms with Crippen LogP contribution < -0.4 is 5.32 Å². The molecular formula is C34H35Cl2N3O4S. The first-order valence-electron chi connectivity index (χ1n) is 14.7. The summed E-state index contributed by atoms with van der Waals surface area (Å²) < 4.78 is 28.3. The molecule has 0 bridgehead atoms. The number of nitrogens with one attached hydrogen (secondary N) is 1. The van der Waals surface area contributed by atoms with Gasteiger partial charge in [0.1, 0.15) is 6.04 Å². The van der Waals surface area contributed by atoms with Gasteiger partial charge in [-0.3, -0.25) is 9.59 Å². The first-order valence-corrected chi connectivity index (χ1v) is 16.8. The van der Waals surface area contributed by atoms with Crippen LogP contribution in [0.15, 0.2) is 95.9 Å². The molecule has 0 aliphatic heterocycles. The zero-order valence-corrected chi connectivity index (χ0v) is 26.8. The summed E-state index contributed by atoms with van der Waals surface area (Å²) >= 11 is 13.1. The fourth-order valence-corrected chi connectivity index (χ4v) is 7.32. The van der Waals surface area contributed by atoms with E-state index in [1.807, 2.05) is 54.6 Å². The number of halogens is 2. The number of likely N-dealkylation sites (N-methyl/N-ethyl adjacent to an activating group) is 1. The third-order valence-electron chi connectivity index (χ3n) is 8.15. The van der Waals surface area contributed by atoms with E-state index in [1.165, 1.54) is 18.0 Å². The molecule has 10 heteroatoms. The smallest absolute Gasteiger partial charge is 0.243 e. The zero-order valence-electron chi connectivity index (χ0n) is 24.5. The van der Waals surface area contributed by atoms with Crippen LogP contribution in [0.1, 0.15) is 36.8 Å². The van der Waals surface area contributed by atoms with Crippen LogP contribution in [0.25, 0.3) is 10.8 Å². The van der Waals surface area contributed by atoms with Crippen molar-refractivity contribution in [2.75, 3.05) is 13.6 Å². The minimum Gasteiger partial charge on any atom is -0.352 e. The van der Waals surface area contributed by atoms with Crippen molar-refractivity contribution in [1.82, 2.24) is 14.5 Å². The molecule has 0 saturated heterocycles. The third kappa shape index (κ3) is 7.44. The molecule has 4 aromatic carbocycles. The molecule has 0 heterocycles. The van der Waals surface area contributed by atoms with Crippen LogP contribution in [0.5, 0.6) is 0 Å². The number of amides is 2. The molecule has 1 atom stereocenters. The molecule has 0 radical (unpaired) electrons. The van der Waals surface area contributed by atoms with E-state index >= 15 is 0 Å². The highest BCUT2D eigenvalue weighted by Crippen LogP contribution is 2.28. The van der Waals surface area contributed by atoms with Crippen molar-refractivity contribution in [3.63, 3.8) is 0 Å². The van der Waals surface area contributed by atoms with Crippen LogP contribution in [0.2, 0.25) is 10.0 Å². The van der Waals surface area contributed by atoms with Gasteiger partial charge in [-0.05, 0) is 53.4 Å². The number of hydrogen-bond donors (Lipinski definition) is 1. The summed E-state index contributed by atoms with van der Waals surface area (Å²) in [5.74, 6) is -0.840. The van der Waals surface area contributed by atoms with E-state index in [-0.39, 0.29) is 29.8 Å². The standard InChI is InChI=1S/C34H35Cl2N3O4S/c1-38(44(42,43)28-19-18-25-12-5-6-13-26(25)21-28)23-33(40)39(22-29-30(35)16-9-17-31(29)36)32(20-24-10-3-2-4-11-24)34(41)37-27-14-7-8-15-27/h2-6,9-13,16-19,21,27,32H,7-8,14-15,20,22-23H2,1H3,(H,37,41)/t32-/m1/s1. The summed E-state index contributed by atoms with van der Waals surface area (Å²) in [4.78, 5) is 29.6.